The monoisotopic (exact) mass is 638 g/mol. The molecule has 3 aliphatic rings. The molecule has 4 aromatic rings. The Morgan fingerprint density at radius 3 is 2.25 bits per heavy atom. The van der Waals surface area contributed by atoms with E-state index >= 15 is 0 Å². The molecular formula is C30H27FN4O7S2. The lowest BCUT2D eigenvalue weighted by atomic mass is 9.92. The van der Waals surface area contributed by atoms with E-state index in [1.807, 2.05) is 0 Å². The average molecular weight is 639 g/mol. The quantitative estimate of drug-likeness (QED) is 0.296. The van der Waals surface area contributed by atoms with Gasteiger partial charge in [-0.25, -0.2) is 21.2 Å². The topological polar surface area (TPSA) is 156 Å². The molecule has 0 bridgehead atoms. The molecule has 3 unspecified atom stereocenters. The van der Waals surface area contributed by atoms with Crippen molar-refractivity contribution in [2.45, 2.75) is 24.8 Å². The maximum Gasteiger partial charge on any atom is 0.255 e. The molecule has 3 fully saturated rings. The van der Waals surface area contributed by atoms with Crippen LogP contribution in [-0.4, -0.2) is 58.7 Å². The number of pyridine rings is 1. The second kappa shape index (κ2) is 9.11. The van der Waals surface area contributed by atoms with Crippen molar-refractivity contribution in [3.05, 3.63) is 71.5 Å². The Morgan fingerprint density at radius 2 is 1.68 bits per heavy atom. The minimum Gasteiger partial charge on any atom is -0.437 e. The van der Waals surface area contributed by atoms with Gasteiger partial charge in [0.25, 0.3) is 11.8 Å². The third-order valence-electron chi connectivity index (χ3n) is 9.06. The molecule has 0 saturated heterocycles. The molecule has 3 saturated carbocycles. The summed E-state index contributed by atoms with van der Waals surface area (Å²) in [5.74, 6) is -1.17. The van der Waals surface area contributed by atoms with Crippen molar-refractivity contribution >= 4 is 48.8 Å². The SMILES string of the molecule is CNC(=O)c1c(-c2ccc(F)cc2)oc2nc(N(S(C)(=O)=O)S(C)(=O)=O)c(-c3cccc(C(=O)NC45CC6CC64C5)c3)cc12. The molecule has 2 aromatic carbocycles. The number of carbonyl (C=O) groups is 2. The fourth-order valence-corrected chi connectivity index (χ4v) is 9.80. The molecule has 3 atom stereocenters. The molecule has 14 heteroatoms. The number of sulfonamides is 2. The van der Waals surface area contributed by atoms with Crippen LogP contribution in [0.25, 0.3) is 33.6 Å². The van der Waals surface area contributed by atoms with Crippen molar-refractivity contribution in [3.63, 3.8) is 0 Å². The third kappa shape index (κ3) is 4.22. The van der Waals surface area contributed by atoms with Crippen molar-refractivity contribution < 1.29 is 35.2 Å². The van der Waals surface area contributed by atoms with Gasteiger partial charge in [-0.2, -0.15) is 4.98 Å². The van der Waals surface area contributed by atoms with E-state index in [1.165, 1.54) is 43.4 Å². The predicted molar refractivity (Wildman–Crippen MR) is 160 cm³/mol. The molecule has 0 aliphatic heterocycles. The van der Waals surface area contributed by atoms with Crippen molar-refractivity contribution in [2.75, 3.05) is 23.3 Å². The number of nitrogens with zero attached hydrogens (tertiary/aromatic N) is 2. The van der Waals surface area contributed by atoms with Crippen LogP contribution >= 0.6 is 0 Å². The Bertz CT molecular complexity index is 2110. The Morgan fingerprint density at radius 1 is 0.977 bits per heavy atom. The zero-order valence-corrected chi connectivity index (χ0v) is 25.5. The molecule has 1 spiro atoms. The van der Waals surface area contributed by atoms with Gasteiger partial charge in [-0.15, -0.1) is 3.71 Å². The summed E-state index contributed by atoms with van der Waals surface area (Å²) >= 11 is 0. The number of nitrogens with one attached hydrogen (secondary N) is 2. The van der Waals surface area contributed by atoms with Gasteiger partial charge in [0.15, 0.2) is 5.82 Å². The fraction of sp³-hybridized carbons (Fsp3) is 0.300. The number of carbonyl (C=O) groups excluding carboxylic acids is 2. The molecule has 11 nitrogen and oxygen atoms in total. The molecule has 228 valence electrons. The molecule has 44 heavy (non-hydrogen) atoms. The number of rotatable bonds is 8. The Balaban J connectivity index is 1.43. The van der Waals surface area contributed by atoms with Gasteiger partial charge in [0.05, 0.1) is 23.5 Å². The first kappa shape index (κ1) is 28.5. The first-order chi connectivity index (χ1) is 20.7. The van der Waals surface area contributed by atoms with E-state index in [0.717, 1.165) is 31.8 Å². The van der Waals surface area contributed by atoms with Crippen molar-refractivity contribution in [3.8, 4) is 22.5 Å². The number of hydrogen-bond acceptors (Lipinski definition) is 8. The van der Waals surface area contributed by atoms with Crippen molar-refractivity contribution in [1.29, 1.82) is 0 Å². The zero-order chi connectivity index (χ0) is 31.4. The van der Waals surface area contributed by atoms with E-state index in [0.29, 0.717) is 17.0 Å². The van der Waals surface area contributed by atoms with Gasteiger partial charge in [0.1, 0.15) is 11.6 Å². The Labute approximate surface area is 252 Å². The molecule has 3 aliphatic carbocycles. The van der Waals surface area contributed by atoms with Crippen LogP contribution in [-0.2, 0) is 20.0 Å². The Hall–Kier alpha value is -4.30. The van der Waals surface area contributed by atoms with E-state index < -0.39 is 37.6 Å². The van der Waals surface area contributed by atoms with Gasteiger partial charge in [0.2, 0.25) is 25.8 Å². The molecule has 2 heterocycles. The summed E-state index contributed by atoms with van der Waals surface area (Å²) in [5, 5.41) is 5.85. The second-order valence-corrected chi connectivity index (χ2v) is 15.8. The lowest BCUT2D eigenvalue weighted by Gasteiger charge is -2.26. The van der Waals surface area contributed by atoms with Crippen molar-refractivity contribution in [1.82, 2.24) is 15.6 Å². The highest BCUT2D eigenvalue weighted by Gasteiger charge is 2.89. The fourth-order valence-electron chi connectivity index (χ4n) is 6.93. The maximum atomic E-state index is 13.7. The standard InChI is InChI=1S/C30H27FN4O7S2/c1-32-27(37)23-22-12-21(17-5-4-6-18(11-17)26(36)34-30-14-19-13-29(19,30)15-30)25(35(43(2,38)39)44(3,40)41)33-28(22)42-24(23)16-7-9-20(31)10-8-16/h4-12,19H,13-15H2,1-3H3,(H,32,37)(H,34,36). The van der Waals surface area contributed by atoms with Crippen LogP contribution in [0.4, 0.5) is 10.2 Å². The summed E-state index contributed by atoms with van der Waals surface area (Å²) in [6, 6.07) is 12.9. The van der Waals surface area contributed by atoms with Gasteiger partial charge in [-0.05, 0) is 78.6 Å². The largest absolute Gasteiger partial charge is 0.437 e. The highest BCUT2D eigenvalue weighted by molar-refractivity contribution is 8.09. The zero-order valence-electron chi connectivity index (χ0n) is 23.8. The average Bonchev–Trinajstić information content (AvgIpc) is 3.62. The molecule has 2 aromatic heterocycles. The molecular weight excluding hydrogens is 611 g/mol. The lowest BCUT2D eigenvalue weighted by Crippen LogP contribution is -2.43. The number of fused-ring (bicyclic) bond motifs is 1. The van der Waals surface area contributed by atoms with Gasteiger partial charge < -0.3 is 15.1 Å². The Kier molecular flexibility index (Phi) is 5.89. The van der Waals surface area contributed by atoms with E-state index in [-0.39, 0.29) is 54.1 Å². The van der Waals surface area contributed by atoms with E-state index in [4.69, 9.17) is 4.42 Å². The highest BCUT2D eigenvalue weighted by atomic mass is 32.3. The van der Waals surface area contributed by atoms with Gasteiger partial charge in [-0.3, -0.25) is 9.59 Å². The number of furan rings is 1. The van der Waals surface area contributed by atoms with E-state index in [1.54, 1.807) is 18.2 Å². The van der Waals surface area contributed by atoms with E-state index in [2.05, 4.69) is 15.6 Å². The number of amides is 2. The lowest BCUT2D eigenvalue weighted by molar-refractivity contribution is 0.0904. The summed E-state index contributed by atoms with van der Waals surface area (Å²) in [5.41, 5.74) is 0.831. The minimum absolute atomic E-state index is 0.0184. The predicted octanol–water partition coefficient (Wildman–Crippen LogP) is 3.67. The van der Waals surface area contributed by atoms with Crippen LogP contribution in [0.1, 0.15) is 40.0 Å². The maximum absolute atomic E-state index is 13.7. The molecule has 2 N–H and O–H groups in total. The molecule has 7 rings (SSSR count). The molecule has 0 radical (unpaired) electrons. The summed E-state index contributed by atoms with van der Waals surface area (Å²) in [7, 11) is -7.51. The summed E-state index contributed by atoms with van der Waals surface area (Å²) in [6.07, 6.45) is 4.51. The smallest absolute Gasteiger partial charge is 0.255 e. The summed E-state index contributed by atoms with van der Waals surface area (Å²) in [6.45, 7) is 0. The van der Waals surface area contributed by atoms with Crippen molar-refractivity contribution in [2.24, 2.45) is 11.3 Å². The van der Waals surface area contributed by atoms with Gasteiger partial charge in [-0.1, -0.05) is 12.1 Å². The molecule has 2 amide bonds. The van der Waals surface area contributed by atoms with E-state index in [9.17, 15) is 30.8 Å². The normalized spacial score (nSPS) is 23.2. The first-order valence-electron chi connectivity index (χ1n) is 13.8. The van der Waals surface area contributed by atoms with Crippen LogP contribution in [0, 0.1) is 17.2 Å². The summed E-state index contributed by atoms with van der Waals surface area (Å²) in [4.78, 5) is 30.8. The first-order valence-corrected chi connectivity index (χ1v) is 17.5. The van der Waals surface area contributed by atoms with Gasteiger partial charge in [0, 0.05) is 29.3 Å². The van der Waals surface area contributed by atoms with Crippen LogP contribution in [0.15, 0.2) is 59.0 Å². The second-order valence-electron chi connectivity index (χ2n) is 11.9. The van der Waals surface area contributed by atoms with Crippen LogP contribution in [0.2, 0.25) is 0 Å². The number of halogens is 1. The number of aromatic nitrogens is 1. The highest BCUT2D eigenvalue weighted by Crippen LogP contribution is 2.89. The summed E-state index contributed by atoms with van der Waals surface area (Å²) < 4.78 is 71.4. The van der Waals surface area contributed by atoms with Crippen LogP contribution in [0.3, 0.4) is 0 Å². The number of anilines is 1. The minimum atomic E-state index is -4.46. The number of benzene rings is 2. The van der Waals surface area contributed by atoms with Crippen LogP contribution < -0.4 is 14.3 Å². The number of hydrogen-bond donors (Lipinski definition) is 2. The third-order valence-corrected chi connectivity index (χ3v) is 12.2. The van der Waals surface area contributed by atoms with Crippen LogP contribution in [0.5, 0.6) is 0 Å². The van der Waals surface area contributed by atoms with Gasteiger partial charge >= 0.3 is 0 Å².